The Labute approximate surface area is 194 Å². The Balaban J connectivity index is 1.73. The third-order valence-corrected chi connectivity index (χ3v) is 6.25. The monoisotopic (exact) mass is 449 g/mol. The Hall–Kier alpha value is -3.42. The Bertz CT molecular complexity index is 1100. The van der Waals surface area contributed by atoms with E-state index in [1.54, 1.807) is 7.11 Å². The number of piperidine rings is 1. The van der Waals surface area contributed by atoms with Gasteiger partial charge in [-0.2, -0.15) is 0 Å². The van der Waals surface area contributed by atoms with Crippen LogP contribution in [0.3, 0.4) is 0 Å². The highest BCUT2D eigenvalue weighted by Gasteiger charge is 2.32. The van der Waals surface area contributed by atoms with Crippen molar-refractivity contribution < 1.29 is 14.1 Å². The normalized spacial score (nSPS) is 16.0. The van der Waals surface area contributed by atoms with E-state index in [4.69, 9.17) is 14.2 Å². The maximum atomic E-state index is 13.5. The minimum atomic E-state index is -0.120. The van der Waals surface area contributed by atoms with E-state index in [1.807, 2.05) is 68.2 Å². The van der Waals surface area contributed by atoms with E-state index in [0.29, 0.717) is 18.3 Å². The molecule has 1 saturated heterocycles. The topological polar surface area (TPSA) is 84.6 Å². The van der Waals surface area contributed by atoms with Gasteiger partial charge < -0.3 is 19.1 Å². The molecule has 2 aromatic heterocycles. The summed E-state index contributed by atoms with van der Waals surface area (Å²) in [5.74, 6) is 2.19. The SMILES string of the molecule is COc1ccc(-c2cnc(N(C)C)nc2[C@@H]2CCCCN2C(=O)Cc2c(C)noc2C)cc1. The van der Waals surface area contributed by atoms with Gasteiger partial charge in [0.25, 0.3) is 0 Å². The molecule has 0 saturated carbocycles. The third-order valence-electron chi connectivity index (χ3n) is 6.25. The summed E-state index contributed by atoms with van der Waals surface area (Å²) in [6.07, 6.45) is 5.03. The fraction of sp³-hybridized carbons (Fsp3) is 0.440. The Morgan fingerprint density at radius 1 is 1.21 bits per heavy atom. The molecule has 0 bridgehead atoms. The molecule has 3 aromatic rings. The zero-order chi connectivity index (χ0) is 23.5. The van der Waals surface area contributed by atoms with Crippen LogP contribution in [0.2, 0.25) is 0 Å². The zero-order valence-electron chi connectivity index (χ0n) is 20.0. The van der Waals surface area contributed by atoms with Crippen molar-refractivity contribution >= 4 is 11.9 Å². The van der Waals surface area contributed by atoms with Crippen molar-refractivity contribution in [2.75, 3.05) is 32.6 Å². The number of carbonyl (C=O) groups excluding carboxylic acids is 1. The summed E-state index contributed by atoms with van der Waals surface area (Å²) < 4.78 is 10.6. The largest absolute Gasteiger partial charge is 0.497 e. The number of anilines is 1. The van der Waals surface area contributed by atoms with Crippen LogP contribution in [0.25, 0.3) is 11.1 Å². The molecule has 0 aliphatic carbocycles. The van der Waals surface area contributed by atoms with Crippen LogP contribution in [0.1, 0.15) is 48.0 Å². The van der Waals surface area contributed by atoms with Crippen LogP contribution in [-0.2, 0) is 11.2 Å². The lowest BCUT2D eigenvalue weighted by atomic mass is 9.93. The van der Waals surface area contributed by atoms with E-state index < -0.39 is 0 Å². The zero-order valence-corrected chi connectivity index (χ0v) is 20.0. The first-order valence-corrected chi connectivity index (χ1v) is 11.3. The minimum Gasteiger partial charge on any atom is -0.497 e. The fourth-order valence-corrected chi connectivity index (χ4v) is 4.37. The summed E-state index contributed by atoms with van der Waals surface area (Å²) in [6.45, 7) is 4.43. The maximum Gasteiger partial charge on any atom is 0.227 e. The van der Waals surface area contributed by atoms with Crippen LogP contribution in [0.4, 0.5) is 5.95 Å². The summed E-state index contributed by atoms with van der Waals surface area (Å²) in [6, 6.07) is 7.76. The number of aryl methyl sites for hydroxylation is 2. The summed E-state index contributed by atoms with van der Waals surface area (Å²) in [4.78, 5) is 26.9. The predicted molar refractivity (Wildman–Crippen MR) is 126 cm³/mol. The van der Waals surface area contributed by atoms with E-state index in [-0.39, 0.29) is 18.4 Å². The first kappa shape index (κ1) is 22.8. The molecule has 0 spiro atoms. The molecule has 0 N–H and O–H groups in total. The lowest BCUT2D eigenvalue weighted by molar-refractivity contribution is -0.134. The van der Waals surface area contributed by atoms with Crippen LogP contribution >= 0.6 is 0 Å². The molecule has 8 nitrogen and oxygen atoms in total. The number of aromatic nitrogens is 3. The summed E-state index contributed by atoms with van der Waals surface area (Å²) in [5, 5.41) is 4.01. The molecule has 0 radical (unpaired) electrons. The predicted octanol–water partition coefficient (Wildman–Crippen LogP) is 4.12. The second-order valence-electron chi connectivity index (χ2n) is 8.67. The van der Waals surface area contributed by atoms with Crippen molar-refractivity contribution in [2.45, 2.75) is 45.6 Å². The molecule has 8 heteroatoms. The molecule has 1 amide bonds. The first-order chi connectivity index (χ1) is 15.9. The van der Waals surface area contributed by atoms with Gasteiger partial charge in [0.1, 0.15) is 11.5 Å². The van der Waals surface area contributed by atoms with Gasteiger partial charge in [0, 0.05) is 38.0 Å². The van der Waals surface area contributed by atoms with Gasteiger partial charge in [0.15, 0.2) is 0 Å². The first-order valence-electron chi connectivity index (χ1n) is 11.3. The van der Waals surface area contributed by atoms with Crippen LogP contribution in [0.5, 0.6) is 5.75 Å². The number of likely N-dealkylation sites (tertiary alicyclic amines) is 1. The maximum absolute atomic E-state index is 13.5. The van der Waals surface area contributed by atoms with E-state index >= 15 is 0 Å². The second kappa shape index (κ2) is 9.60. The van der Waals surface area contributed by atoms with Crippen molar-refractivity contribution in [3.05, 3.63) is 53.2 Å². The van der Waals surface area contributed by atoms with Crippen molar-refractivity contribution in [1.82, 2.24) is 20.0 Å². The van der Waals surface area contributed by atoms with Gasteiger partial charge in [-0.15, -0.1) is 0 Å². The molecule has 1 aromatic carbocycles. The highest BCUT2D eigenvalue weighted by Crippen LogP contribution is 2.37. The summed E-state index contributed by atoms with van der Waals surface area (Å²) >= 11 is 0. The molecular formula is C25H31N5O3. The van der Waals surface area contributed by atoms with E-state index in [9.17, 15) is 4.79 Å². The van der Waals surface area contributed by atoms with Crippen molar-refractivity contribution in [2.24, 2.45) is 0 Å². The van der Waals surface area contributed by atoms with Gasteiger partial charge in [-0.3, -0.25) is 4.79 Å². The molecular weight excluding hydrogens is 418 g/mol. The smallest absolute Gasteiger partial charge is 0.227 e. The Morgan fingerprint density at radius 2 is 1.97 bits per heavy atom. The number of rotatable bonds is 6. The highest BCUT2D eigenvalue weighted by atomic mass is 16.5. The lowest BCUT2D eigenvalue weighted by Gasteiger charge is -2.36. The van der Waals surface area contributed by atoms with Crippen molar-refractivity contribution in [1.29, 1.82) is 0 Å². The number of hydrogen-bond acceptors (Lipinski definition) is 7. The number of nitrogens with zero attached hydrogens (tertiary/aromatic N) is 5. The fourth-order valence-electron chi connectivity index (χ4n) is 4.37. The molecule has 33 heavy (non-hydrogen) atoms. The van der Waals surface area contributed by atoms with Crippen LogP contribution in [0, 0.1) is 13.8 Å². The molecule has 1 atom stereocenters. The van der Waals surface area contributed by atoms with E-state index in [2.05, 4.69) is 10.1 Å². The molecule has 4 rings (SSSR count). The van der Waals surface area contributed by atoms with Crippen molar-refractivity contribution in [3.8, 4) is 16.9 Å². The number of hydrogen-bond donors (Lipinski definition) is 0. The number of benzene rings is 1. The van der Waals surface area contributed by atoms with Crippen LogP contribution < -0.4 is 9.64 Å². The van der Waals surface area contributed by atoms with Gasteiger partial charge in [-0.05, 0) is 50.8 Å². The quantitative estimate of drug-likeness (QED) is 0.560. The highest BCUT2D eigenvalue weighted by molar-refractivity contribution is 5.80. The number of carbonyl (C=O) groups is 1. The van der Waals surface area contributed by atoms with Gasteiger partial charge in [-0.25, -0.2) is 9.97 Å². The summed E-state index contributed by atoms with van der Waals surface area (Å²) in [7, 11) is 5.50. The lowest BCUT2D eigenvalue weighted by Crippen LogP contribution is -2.40. The van der Waals surface area contributed by atoms with E-state index in [1.165, 1.54) is 0 Å². The van der Waals surface area contributed by atoms with Gasteiger partial charge >= 0.3 is 0 Å². The number of amides is 1. The third kappa shape index (κ3) is 4.69. The standard InChI is InChI=1S/C25H31N5O3/c1-16-20(17(2)33-28-16)14-23(31)30-13-7-6-8-22(30)24-21(15-26-25(27-24)29(3)4)18-9-11-19(32-5)12-10-18/h9-12,15,22H,6-8,13-14H2,1-5H3/t22-/m0/s1. The van der Waals surface area contributed by atoms with Gasteiger partial charge in [0.05, 0.1) is 31.0 Å². The number of methoxy groups -OCH3 is 1. The Kier molecular flexibility index (Phi) is 6.62. The average Bonchev–Trinajstić information content (AvgIpc) is 3.15. The van der Waals surface area contributed by atoms with E-state index in [0.717, 1.165) is 53.1 Å². The van der Waals surface area contributed by atoms with Crippen LogP contribution in [0.15, 0.2) is 35.0 Å². The second-order valence-corrected chi connectivity index (χ2v) is 8.67. The molecule has 1 aliphatic rings. The van der Waals surface area contributed by atoms with Crippen LogP contribution in [-0.4, -0.2) is 53.7 Å². The molecule has 1 fully saturated rings. The van der Waals surface area contributed by atoms with Gasteiger partial charge in [0.2, 0.25) is 11.9 Å². The molecule has 3 heterocycles. The summed E-state index contributed by atoms with van der Waals surface area (Å²) in [5.41, 5.74) is 4.46. The molecule has 0 unspecified atom stereocenters. The van der Waals surface area contributed by atoms with Gasteiger partial charge in [-0.1, -0.05) is 17.3 Å². The average molecular weight is 450 g/mol. The minimum absolute atomic E-state index is 0.0693. The molecule has 174 valence electrons. The van der Waals surface area contributed by atoms with Crippen molar-refractivity contribution in [3.63, 3.8) is 0 Å². The Morgan fingerprint density at radius 3 is 2.61 bits per heavy atom. The number of ether oxygens (including phenoxy) is 1. The molecule has 1 aliphatic heterocycles.